The SMILES string of the molecule is Cc1ccc(C(=O)Nc2ccc(Cl)c(C)c2)c(OCCN(C)C)c1. The topological polar surface area (TPSA) is 41.6 Å². The van der Waals surface area contributed by atoms with E-state index in [-0.39, 0.29) is 5.91 Å². The molecule has 1 amide bonds. The van der Waals surface area contributed by atoms with E-state index in [2.05, 4.69) is 5.32 Å². The van der Waals surface area contributed by atoms with Crippen molar-refractivity contribution >= 4 is 23.2 Å². The molecule has 0 saturated heterocycles. The molecule has 4 nitrogen and oxygen atoms in total. The van der Waals surface area contributed by atoms with Crippen LogP contribution in [-0.2, 0) is 0 Å². The van der Waals surface area contributed by atoms with Gasteiger partial charge in [-0.05, 0) is 69.4 Å². The maximum Gasteiger partial charge on any atom is 0.259 e. The van der Waals surface area contributed by atoms with Crippen molar-refractivity contribution < 1.29 is 9.53 Å². The molecule has 0 radical (unpaired) electrons. The van der Waals surface area contributed by atoms with Crippen LogP contribution in [0.2, 0.25) is 5.02 Å². The minimum Gasteiger partial charge on any atom is -0.491 e. The predicted octanol–water partition coefficient (Wildman–Crippen LogP) is 4.15. The fourth-order valence-corrected chi connectivity index (χ4v) is 2.31. The van der Waals surface area contributed by atoms with Crippen LogP contribution >= 0.6 is 11.6 Å². The Balaban J connectivity index is 2.16. The lowest BCUT2D eigenvalue weighted by Gasteiger charge is -2.15. The Labute approximate surface area is 148 Å². The van der Waals surface area contributed by atoms with Gasteiger partial charge in [-0.1, -0.05) is 17.7 Å². The van der Waals surface area contributed by atoms with Gasteiger partial charge in [0.25, 0.3) is 5.91 Å². The first-order valence-electron chi connectivity index (χ1n) is 7.82. The highest BCUT2D eigenvalue weighted by Gasteiger charge is 2.14. The van der Waals surface area contributed by atoms with Gasteiger partial charge in [-0.15, -0.1) is 0 Å². The van der Waals surface area contributed by atoms with Crippen LogP contribution in [0.1, 0.15) is 21.5 Å². The van der Waals surface area contributed by atoms with E-state index < -0.39 is 0 Å². The largest absolute Gasteiger partial charge is 0.491 e. The van der Waals surface area contributed by atoms with E-state index in [0.717, 1.165) is 17.7 Å². The maximum absolute atomic E-state index is 12.6. The summed E-state index contributed by atoms with van der Waals surface area (Å²) in [6.45, 7) is 5.19. The quantitative estimate of drug-likeness (QED) is 0.854. The summed E-state index contributed by atoms with van der Waals surface area (Å²) in [5, 5.41) is 3.57. The van der Waals surface area contributed by atoms with Crippen LogP contribution in [-0.4, -0.2) is 38.1 Å². The Morgan fingerprint density at radius 2 is 1.92 bits per heavy atom. The molecule has 5 heteroatoms. The van der Waals surface area contributed by atoms with Crippen molar-refractivity contribution in [3.63, 3.8) is 0 Å². The summed E-state index contributed by atoms with van der Waals surface area (Å²) in [6, 6.07) is 11.0. The summed E-state index contributed by atoms with van der Waals surface area (Å²) in [5.74, 6) is 0.400. The summed E-state index contributed by atoms with van der Waals surface area (Å²) in [5.41, 5.74) is 3.20. The molecule has 1 N–H and O–H groups in total. The molecule has 0 spiro atoms. The molecule has 2 aromatic rings. The molecular weight excluding hydrogens is 324 g/mol. The summed E-state index contributed by atoms with van der Waals surface area (Å²) < 4.78 is 5.81. The highest BCUT2D eigenvalue weighted by atomic mass is 35.5. The van der Waals surface area contributed by atoms with Crippen LogP contribution in [0.4, 0.5) is 5.69 Å². The summed E-state index contributed by atoms with van der Waals surface area (Å²) in [6.07, 6.45) is 0. The predicted molar refractivity (Wildman–Crippen MR) is 99.4 cm³/mol. The second-order valence-electron chi connectivity index (χ2n) is 6.07. The van der Waals surface area contributed by atoms with E-state index in [0.29, 0.717) is 28.6 Å². The van der Waals surface area contributed by atoms with Crippen molar-refractivity contribution in [2.75, 3.05) is 32.6 Å². The summed E-state index contributed by atoms with van der Waals surface area (Å²) in [7, 11) is 3.96. The zero-order valence-corrected chi connectivity index (χ0v) is 15.3. The number of carbonyl (C=O) groups excluding carboxylic acids is 1. The Hall–Kier alpha value is -2.04. The molecule has 0 fully saturated rings. The summed E-state index contributed by atoms with van der Waals surface area (Å²) >= 11 is 6.02. The molecule has 0 atom stereocenters. The maximum atomic E-state index is 12.6. The van der Waals surface area contributed by atoms with Crippen LogP contribution in [0.15, 0.2) is 36.4 Å². The lowest BCUT2D eigenvalue weighted by molar-refractivity contribution is 0.102. The molecule has 2 aromatic carbocycles. The number of carbonyl (C=O) groups is 1. The third-order valence-electron chi connectivity index (χ3n) is 3.59. The number of ether oxygens (including phenoxy) is 1. The van der Waals surface area contributed by atoms with Gasteiger partial charge in [-0.3, -0.25) is 4.79 Å². The van der Waals surface area contributed by atoms with Gasteiger partial charge < -0.3 is 15.0 Å². The second kappa shape index (κ2) is 8.18. The molecule has 24 heavy (non-hydrogen) atoms. The molecule has 128 valence electrons. The van der Waals surface area contributed by atoms with Crippen LogP contribution in [0, 0.1) is 13.8 Å². The average Bonchev–Trinajstić information content (AvgIpc) is 2.50. The standard InChI is InChI=1S/C19H23ClN2O2/c1-13-5-7-16(18(11-13)24-10-9-22(3)4)19(23)21-15-6-8-17(20)14(2)12-15/h5-8,11-12H,9-10H2,1-4H3,(H,21,23). The Kier molecular flexibility index (Phi) is 6.23. The van der Waals surface area contributed by atoms with Crippen LogP contribution in [0.3, 0.4) is 0 Å². The number of benzene rings is 2. The van der Waals surface area contributed by atoms with Gasteiger partial charge in [-0.25, -0.2) is 0 Å². The lowest BCUT2D eigenvalue weighted by atomic mass is 10.1. The molecule has 0 aromatic heterocycles. The number of anilines is 1. The van der Waals surface area contributed by atoms with Crippen molar-refractivity contribution in [2.45, 2.75) is 13.8 Å². The first kappa shape index (κ1) is 18.3. The molecule has 0 aliphatic heterocycles. The molecule has 0 bridgehead atoms. The highest BCUT2D eigenvalue weighted by Crippen LogP contribution is 2.24. The van der Waals surface area contributed by atoms with Gasteiger partial charge >= 0.3 is 0 Å². The zero-order chi connectivity index (χ0) is 17.7. The Morgan fingerprint density at radius 1 is 1.17 bits per heavy atom. The fourth-order valence-electron chi connectivity index (χ4n) is 2.20. The zero-order valence-electron chi connectivity index (χ0n) is 14.5. The lowest BCUT2D eigenvalue weighted by Crippen LogP contribution is -2.21. The molecule has 0 aliphatic rings. The third kappa shape index (κ3) is 4.98. The van der Waals surface area contributed by atoms with Gasteiger partial charge in [0, 0.05) is 17.3 Å². The van der Waals surface area contributed by atoms with E-state index in [1.807, 2.05) is 51.0 Å². The van der Waals surface area contributed by atoms with Gasteiger partial charge in [0.15, 0.2) is 0 Å². The number of halogens is 1. The van der Waals surface area contributed by atoms with Crippen molar-refractivity contribution in [3.8, 4) is 5.75 Å². The van der Waals surface area contributed by atoms with E-state index >= 15 is 0 Å². The molecule has 0 heterocycles. The first-order chi connectivity index (χ1) is 11.4. The molecule has 0 unspecified atom stereocenters. The third-order valence-corrected chi connectivity index (χ3v) is 4.02. The van der Waals surface area contributed by atoms with Crippen molar-refractivity contribution in [2.24, 2.45) is 0 Å². The van der Waals surface area contributed by atoms with E-state index in [1.54, 1.807) is 18.2 Å². The number of nitrogens with one attached hydrogen (secondary N) is 1. The van der Waals surface area contributed by atoms with E-state index in [4.69, 9.17) is 16.3 Å². The smallest absolute Gasteiger partial charge is 0.259 e. The monoisotopic (exact) mass is 346 g/mol. The van der Waals surface area contributed by atoms with Crippen molar-refractivity contribution in [1.29, 1.82) is 0 Å². The fraction of sp³-hybridized carbons (Fsp3) is 0.316. The molecule has 0 aliphatic carbocycles. The number of amides is 1. The van der Waals surface area contributed by atoms with Gasteiger partial charge in [0.1, 0.15) is 12.4 Å². The second-order valence-corrected chi connectivity index (χ2v) is 6.48. The molecular formula is C19H23ClN2O2. The average molecular weight is 347 g/mol. The molecule has 2 rings (SSSR count). The number of rotatable bonds is 6. The number of aryl methyl sites for hydroxylation is 2. The van der Waals surface area contributed by atoms with E-state index in [1.165, 1.54) is 0 Å². The number of hydrogen-bond acceptors (Lipinski definition) is 3. The van der Waals surface area contributed by atoms with Crippen molar-refractivity contribution in [1.82, 2.24) is 4.90 Å². The van der Waals surface area contributed by atoms with Crippen LogP contribution in [0.25, 0.3) is 0 Å². The van der Waals surface area contributed by atoms with Gasteiger partial charge in [-0.2, -0.15) is 0 Å². The number of hydrogen-bond donors (Lipinski definition) is 1. The normalized spacial score (nSPS) is 10.8. The van der Waals surface area contributed by atoms with Crippen LogP contribution < -0.4 is 10.1 Å². The Bertz CT molecular complexity index is 729. The Morgan fingerprint density at radius 3 is 2.58 bits per heavy atom. The minimum absolute atomic E-state index is 0.198. The summed E-state index contributed by atoms with van der Waals surface area (Å²) in [4.78, 5) is 14.6. The minimum atomic E-state index is -0.198. The highest BCUT2D eigenvalue weighted by molar-refractivity contribution is 6.31. The number of likely N-dealkylation sites (N-methyl/N-ethyl adjacent to an activating group) is 1. The van der Waals surface area contributed by atoms with Crippen molar-refractivity contribution in [3.05, 3.63) is 58.1 Å². The number of nitrogens with zero attached hydrogens (tertiary/aromatic N) is 1. The van der Waals surface area contributed by atoms with Gasteiger partial charge in [0.05, 0.1) is 5.56 Å². The molecule has 0 saturated carbocycles. The van der Waals surface area contributed by atoms with Crippen LogP contribution in [0.5, 0.6) is 5.75 Å². The van der Waals surface area contributed by atoms with E-state index in [9.17, 15) is 4.79 Å². The van der Waals surface area contributed by atoms with Gasteiger partial charge in [0.2, 0.25) is 0 Å². The first-order valence-corrected chi connectivity index (χ1v) is 8.20.